The maximum Gasteiger partial charge on any atom is 0.416 e. The van der Waals surface area contributed by atoms with Crippen LogP contribution in [-0.2, 0) is 25.2 Å². The number of amides is 2. The topological polar surface area (TPSA) is 87.7 Å². The zero-order valence-corrected chi connectivity index (χ0v) is 20.4. The van der Waals surface area contributed by atoms with Crippen LogP contribution in [0.5, 0.6) is 0 Å². The number of furan rings is 1. The first-order valence-corrected chi connectivity index (χ1v) is 11.8. The van der Waals surface area contributed by atoms with Gasteiger partial charge in [-0.25, -0.2) is 5.48 Å². The van der Waals surface area contributed by atoms with Gasteiger partial charge in [0.1, 0.15) is 11.5 Å². The van der Waals surface area contributed by atoms with Crippen molar-refractivity contribution in [1.29, 1.82) is 0 Å². The van der Waals surface area contributed by atoms with E-state index in [4.69, 9.17) is 9.62 Å². The highest BCUT2D eigenvalue weighted by Gasteiger charge is 2.37. The van der Waals surface area contributed by atoms with Gasteiger partial charge in [0.15, 0.2) is 5.58 Å². The molecule has 1 aliphatic heterocycles. The highest BCUT2D eigenvalue weighted by atomic mass is 32.1. The third-order valence-corrected chi connectivity index (χ3v) is 7.95. The molecule has 1 aliphatic rings. The van der Waals surface area contributed by atoms with E-state index in [0.717, 1.165) is 22.6 Å². The van der Waals surface area contributed by atoms with Crippen LogP contribution in [0.4, 0.5) is 13.2 Å². The predicted octanol–water partition coefficient (Wildman–Crippen LogP) is 5.57. The monoisotopic (exact) mass is 517 g/mol. The van der Waals surface area contributed by atoms with Gasteiger partial charge in [-0.15, -0.1) is 11.3 Å². The van der Waals surface area contributed by atoms with E-state index < -0.39 is 23.1 Å². The summed E-state index contributed by atoms with van der Waals surface area (Å²) in [5.41, 5.74) is 2.95. The molecule has 36 heavy (non-hydrogen) atoms. The Bertz CT molecular complexity index is 1510. The van der Waals surface area contributed by atoms with Crippen molar-refractivity contribution in [3.63, 3.8) is 0 Å². The van der Waals surface area contributed by atoms with Gasteiger partial charge in [-0.3, -0.25) is 14.8 Å². The summed E-state index contributed by atoms with van der Waals surface area (Å²) in [5.74, 6) is -0.553. The predicted molar refractivity (Wildman–Crippen MR) is 127 cm³/mol. The van der Waals surface area contributed by atoms with Gasteiger partial charge >= 0.3 is 6.18 Å². The second-order valence-corrected chi connectivity index (χ2v) is 10.5. The van der Waals surface area contributed by atoms with Crippen molar-refractivity contribution in [2.24, 2.45) is 7.05 Å². The number of hydrogen-bond acceptors (Lipinski definition) is 5. The van der Waals surface area contributed by atoms with E-state index in [2.05, 4.69) is 0 Å². The number of nitrogens with zero attached hydrogens (tertiary/aromatic N) is 2. The summed E-state index contributed by atoms with van der Waals surface area (Å²) in [6.07, 6.45) is -4.46. The largest absolute Gasteiger partial charge is 0.454 e. The van der Waals surface area contributed by atoms with Gasteiger partial charge in [-0.2, -0.15) is 13.2 Å². The molecule has 2 amide bonds. The Labute approximate surface area is 207 Å². The molecule has 4 aromatic rings. The number of alkyl halides is 3. The Morgan fingerprint density at radius 1 is 1.17 bits per heavy atom. The van der Waals surface area contributed by atoms with E-state index in [-0.39, 0.29) is 11.7 Å². The molecule has 0 spiro atoms. The molecule has 0 atom stereocenters. The molecule has 188 valence electrons. The molecule has 0 aliphatic carbocycles. The summed E-state index contributed by atoms with van der Waals surface area (Å²) in [4.78, 5) is 28.4. The quantitative estimate of drug-likeness (QED) is 0.275. The summed E-state index contributed by atoms with van der Waals surface area (Å²) >= 11 is 1.29. The van der Waals surface area contributed by atoms with Crippen LogP contribution in [0.15, 0.2) is 46.9 Å². The van der Waals surface area contributed by atoms with Crippen LogP contribution in [0, 0.1) is 0 Å². The van der Waals surface area contributed by atoms with Gasteiger partial charge in [0.2, 0.25) is 0 Å². The molecular weight excluding hydrogens is 495 g/mol. The highest BCUT2D eigenvalue weighted by molar-refractivity contribution is 7.14. The minimum absolute atomic E-state index is 0.234. The molecular formula is C25H22F3N3O4S. The number of thiophene rings is 1. The van der Waals surface area contributed by atoms with Crippen molar-refractivity contribution in [2.75, 3.05) is 6.54 Å². The van der Waals surface area contributed by atoms with Gasteiger partial charge in [-0.05, 0) is 23.8 Å². The summed E-state index contributed by atoms with van der Waals surface area (Å²) in [6.45, 7) is 4.69. The molecule has 11 heteroatoms. The SMILES string of the molecule is Cn1c(C(=O)N2Cc3cc(C(=O)NO)sc3C(C)(C)C2)cc2oc(-c3cccc(C(F)(F)F)c3)cc21. The second-order valence-electron chi connectivity index (χ2n) is 9.48. The lowest BCUT2D eigenvalue weighted by Crippen LogP contribution is -2.44. The molecule has 0 radical (unpaired) electrons. The third kappa shape index (κ3) is 3.97. The van der Waals surface area contributed by atoms with Gasteiger partial charge in [0.05, 0.1) is 16.0 Å². The first-order valence-electron chi connectivity index (χ1n) is 11.0. The Morgan fingerprint density at radius 3 is 2.58 bits per heavy atom. The van der Waals surface area contributed by atoms with Crippen LogP contribution in [0.3, 0.4) is 0 Å². The molecule has 4 heterocycles. The molecule has 0 bridgehead atoms. The van der Waals surface area contributed by atoms with Gasteiger partial charge < -0.3 is 13.9 Å². The molecule has 7 nitrogen and oxygen atoms in total. The average Bonchev–Trinajstić information content (AvgIpc) is 3.52. The molecule has 0 saturated heterocycles. The second kappa shape index (κ2) is 8.24. The maximum atomic E-state index is 13.5. The molecule has 3 aromatic heterocycles. The van der Waals surface area contributed by atoms with Crippen molar-refractivity contribution < 1.29 is 32.4 Å². The van der Waals surface area contributed by atoms with E-state index in [9.17, 15) is 22.8 Å². The number of aryl methyl sites for hydroxylation is 1. The highest BCUT2D eigenvalue weighted by Crippen LogP contribution is 2.40. The molecule has 0 saturated carbocycles. The van der Waals surface area contributed by atoms with Crippen LogP contribution < -0.4 is 5.48 Å². The number of hydrogen-bond donors (Lipinski definition) is 2. The van der Waals surface area contributed by atoms with E-state index in [1.807, 2.05) is 13.8 Å². The summed E-state index contributed by atoms with van der Waals surface area (Å²) in [7, 11) is 1.70. The van der Waals surface area contributed by atoms with E-state index in [1.165, 1.54) is 17.4 Å². The van der Waals surface area contributed by atoms with Crippen molar-refractivity contribution >= 4 is 34.3 Å². The van der Waals surface area contributed by atoms with Crippen LogP contribution in [0.2, 0.25) is 0 Å². The van der Waals surface area contributed by atoms with Crippen LogP contribution in [-0.4, -0.2) is 33.0 Å². The van der Waals surface area contributed by atoms with Crippen molar-refractivity contribution in [3.8, 4) is 11.3 Å². The van der Waals surface area contributed by atoms with Crippen LogP contribution in [0.1, 0.15) is 50.0 Å². The third-order valence-electron chi connectivity index (χ3n) is 6.41. The fourth-order valence-electron chi connectivity index (χ4n) is 4.71. The van der Waals surface area contributed by atoms with E-state index in [1.54, 1.807) is 46.3 Å². The maximum absolute atomic E-state index is 13.5. The number of benzene rings is 1. The summed E-state index contributed by atoms with van der Waals surface area (Å²) in [6, 6.07) is 9.80. The Kier molecular flexibility index (Phi) is 5.53. The average molecular weight is 518 g/mol. The lowest BCUT2D eigenvalue weighted by atomic mass is 9.85. The first kappa shape index (κ1) is 24.1. The lowest BCUT2D eigenvalue weighted by Gasteiger charge is -2.38. The van der Waals surface area contributed by atoms with Crippen molar-refractivity contribution in [1.82, 2.24) is 14.9 Å². The van der Waals surface area contributed by atoms with Crippen LogP contribution >= 0.6 is 11.3 Å². The Balaban J connectivity index is 1.45. The normalized spacial score (nSPS) is 15.2. The molecule has 0 unspecified atom stereocenters. The fraction of sp³-hybridized carbons (Fsp3) is 0.280. The number of carbonyl (C=O) groups is 2. The van der Waals surface area contributed by atoms with Gasteiger partial charge in [-0.1, -0.05) is 26.0 Å². The first-order chi connectivity index (χ1) is 16.9. The minimum atomic E-state index is -4.46. The zero-order chi connectivity index (χ0) is 26.0. The van der Waals surface area contributed by atoms with E-state index >= 15 is 0 Å². The Hall–Kier alpha value is -3.57. The smallest absolute Gasteiger partial charge is 0.416 e. The molecule has 5 rings (SSSR count). The van der Waals surface area contributed by atoms with Gasteiger partial charge in [0, 0.05) is 48.1 Å². The minimum Gasteiger partial charge on any atom is -0.454 e. The van der Waals surface area contributed by atoms with Gasteiger partial charge in [0.25, 0.3) is 11.8 Å². The number of aromatic nitrogens is 1. The number of halogens is 3. The fourth-order valence-corrected chi connectivity index (χ4v) is 5.86. The summed E-state index contributed by atoms with van der Waals surface area (Å²) < 4.78 is 46.8. The lowest BCUT2D eigenvalue weighted by molar-refractivity contribution is -0.137. The number of fused-ring (bicyclic) bond motifs is 2. The molecule has 1 aromatic carbocycles. The number of rotatable bonds is 3. The Morgan fingerprint density at radius 2 is 1.92 bits per heavy atom. The van der Waals surface area contributed by atoms with E-state index in [0.29, 0.717) is 40.3 Å². The number of carbonyl (C=O) groups excluding carboxylic acids is 2. The number of hydroxylamine groups is 1. The standard InChI is InChI=1S/C25H22F3N3O4S/c1-24(2)12-31(11-14-8-20(22(32)29-34)36-21(14)24)23(33)17-10-19-16(30(17)3)9-18(35-19)13-5-4-6-15(7-13)25(26,27)28/h4-10,34H,11-12H2,1-3H3,(H,29,32). The number of nitrogens with one attached hydrogen (secondary N) is 1. The summed E-state index contributed by atoms with van der Waals surface area (Å²) in [5, 5.41) is 8.97. The molecule has 2 N–H and O–H groups in total. The van der Waals surface area contributed by atoms with Crippen LogP contribution in [0.25, 0.3) is 22.4 Å². The molecule has 0 fully saturated rings. The zero-order valence-electron chi connectivity index (χ0n) is 19.6. The van der Waals surface area contributed by atoms with Crippen molar-refractivity contribution in [3.05, 3.63) is 69.0 Å². The van der Waals surface area contributed by atoms with Crippen molar-refractivity contribution in [2.45, 2.75) is 32.0 Å².